The van der Waals surface area contributed by atoms with E-state index in [4.69, 9.17) is 0 Å². The van der Waals surface area contributed by atoms with E-state index in [0.717, 1.165) is 18.4 Å². The van der Waals surface area contributed by atoms with Crippen molar-refractivity contribution in [2.24, 2.45) is 0 Å². The van der Waals surface area contributed by atoms with Crippen molar-refractivity contribution >= 4 is 0 Å². The van der Waals surface area contributed by atoms with E-state index in [9.17, 15) is 5.11 Å². The summed E-state index contributed by atoms with van der Waals surface area (Å²) < 4.78 is 0. The van der Waals surface area contributed by atoms with Crippen LogP contribution in [0.2, 0.25) is 0 Å². The summed E-state index contributed by atoms with van der Waals surface area (Å²) in [4.78, 5) is 0. The number of rotatable bonds is 6. The predicted molar refractivity (Wildman–Crippen MR) is 69.6 cm³/mol. The zero-order chi connectivity index (χ0) is 12.0. The van der Waals surface area contributed by atoms with Gasteiger partial charge in [-0.25, -0.2) is 0 Å². The van der Waals surface area contributed by atoms with Gasteiger partial charge in [-0.15, -0.1) is 0 Å². The van der Waals surface area contributed by atoms with Gasteiger partial charge in [0.05, 0.1) is 6.10 Å². The van der Waals surface area contributed by atoms with E-state index in [2.05, 4.69) is 32.9 Å². The van der Waals surface area contributed by atoms with E-state index in [0.29, 0.717) is 5.92 Å². The summed E-state index contributed by atoms with van der Waals surface area (Å²) in [6, 6.07) is 8.35. The molecule has 0 aliphatic rings. The van der Waals surface area contributed by atoms with Crippen LogP contribution in [0, 0.1) is 0 Å². The second-order valence-electron chi connectivity index (χ2n) is 4.84. The van der Waals surface area contributed by atoms with Crippen LogP contribution in [0.1, 0.15) is 69.6 Å². The second kappa shape index (κ2) is 6.70. The van der Waals surface area contributed by atoms with Crippen molar-refractivity contribution in [3.05, 3.63) is 35.4 Å². The van der Waals surface area contributed by atoms with E-state index in [-0.39, 0.29) is 6.10 Å². The molecule has 0 amide bonds. The Hall–Kier alpha value is -0.820. The minimum atomic E-state index is -0.287. The quantitative estimate of drug-likeness (QED) is 0.703. The summed E-state index contributed by atoms with van der Waals surface area (Å²) in [5.74, 6) is 0.530. The van der Waals surface area contributed by atoms with Crippen molar-refractivity contribution in [3.8, 4) is 0 Å². The molecular weight excluding hydrogens is 196 g/mol. The van der Waals surface area contributed by atoms with Crippen LogP contribution >= 0.6 is 0 Å². The molecule has 0 heterocycles. The van der Waals surface area contributed by atoms with Crippen molar-refractivity contribution in [3.63, 3.8) is 0 Å². The van der Waals surface area contributed by atoms with Crippen molar-refractivity contribution in [1.82, 2.24) is 0 Å². The normalized spacial score (nSPS) is 13.1. The summed E-state index contributed by atoms with van der Waals surface area (Å²) in [6.45, 7) is 6.55. The van der Waals surface area contributed by atoms with E-state index in [1.165, 1.54) is 18.4 Å². The van der Waals surface area contributed by atoms with Crippen LogP contribution < -0.4 is 0 Å². The molecule has 0 bridgehead atoms. The van der Waals surface area contributed by atoms with Crippen LogP contribution in [0.15, 0.2) is 24.3 Å². The third-order valence-corrected chi connectivity index (χ3v) is 3.04. The topological polar surface area (TPSA) is 20.2 Å². The van der Waals surface area contributed by atoms with E-state index < -0.39 is 0 Å². The lowest BCUT2D eigenvalue weighted by atomic mass is 9.97. The summed E-state index contributed by atoms with van der Waals surface area (Å²) in [5, 5.41) is 10.1. The lowest BCUT2D eigenvalue weighted by Gasteiger charge is -2.13. The maximum atomic E-state index is 10.1. The Labute approximate surface area is 99.5 Å². The highest BCUT2D eigenvalue weighted by atomic mass is 16.3. The average Bonchev–Trinajstić information content (AvgIpc) is 2.29. The van der Waals surface area contributed by atoms with Crippen LogP contribution in [0.4, 0.5) is 0 Å². The summed E-state index contributed by atoms with van der Waals surface area (Å²) in [6.07, 6.45) is 4.13. The molecule has 0 radical (unpaired) electrons. The van der Waals surface area contributed by atoms with E-state index in [1.54, 1.807) is 0 Å². The minimum absolute atomic E-state index is 0.287. The SMILES string of the molecule is CCCCCC(O)c1cccc(C(C)C)c1. The first kappa shape index (κ1) is 13.2. The van der Waals surface area contributed by atoms with Crippen LogP contribution in [0.3, 0.4) is 0 Å². The van der Waals surface area contributed by atoms with Crippen LogP contribution in [0.5, 0.6) is 0 Å². The van der Waals surface area contributed by atoms with Gasteiger partial charge in [-0.3, -0.25) is 0 Å². The second-order valence-corrected chi connectivity index (χ2v) is 4.84. The van der Waals surface area contributed by atoms with Gasteiger partial charge >= 0.3 is 0 Å². The largest absolute Gasteiger partial charge is 0.388 e. The highest BCUT2D eigenvalue weighted by Gasteiger charge is 2.08. The first-order valence-electron chi connectivity index (χ1n) is 6.43. The van der Waals surface area contributed by atoms with Gasteiger partial charge in [0.1, 0.15) is 0 Å². The number of aliphatic hydroxyl groups is 1. The third kappa shape index (κ3) is 3.97. The molecule has 1 rings (SSSR count). The molecule has 0 aromatic heterocycles. The molecule has 1 N–H and O–H groups in total. The van der Waals surface area contributed by atoms with Gasteiger partial charge in [0.15, 0.2) is 0 Å². The molecule has 1 heteroatoms. The van der Waals surface area contributed by atoms with Gasteiger partial charge in [-0.05, 0) is 23.5 Å². The Balaban J connectivity index is 2.60. The van der Waals surface area contributed by atoms with Gasteiger partial charge in [-0.2, -0.15) is 0 Å². The fourth-order valence-electron chi connectivity index (χ4n) is 1.88. The first-order valence-corrected chi connectivity index (χ1v) is 6.43. The summed E-state index contributed by atoms with van der Waals surface area (Å²) in [7, 11) is 0. The number of aliphatic hydroxyl groups excluding tert-OH is 1. The smallest absolute Gasteiger partial charge is 0.0790 e. The van der Waals surface area contributed by atoms with Crippen molar-refractivity contribution in [2.45, 2.75) is 58.5 Å². The number of hydrogen-bond donors (Lipinski definition) is 1. The molecule has 1 aromatic carbocycles. The Morgan fingerprint density at radius 3 is 2.44 bits per heavy atom. The first-order chi connectivity index (χ1) is 7.65. The minimum Gasteiger partial charge on any atom is -0.388 e. The molecule has 1 nitrogen and oxygen atoms in total. The Morgan fingerprint density at radius 2 is 1.81 bits per heavy atom. The van der Waals surface area contributed by atoms with Gasteiger partial charge in [0.2, 0.25) is 0 Å². The standard InChI is InChI=1S/C15H24O/c1-4-5-6-10-15(16)14-9-7-8-13(11-14)12(2)3/h7-9,11-12,15-16H,4-6,10H2,1-3H3. The molecule has 0 fully saturated rings. The molecule has 90 valence electrons. The number of benzene rings is 1. The lowest BCUT2D eigenvalue weighted by molar-refractivity contribution is 0.163. The third-order valence-electron chi connectivity index (χ3n) is 3.04. The summed E-state index contributed by atoms with van der Waals surface area (Å²) in [5.41, 5.74) is 2.38. The molecule has 0 aliphatic heterocycles. The van der Waals surface area contributed by atoms with Gasteiger partial charge in [0, 0.05) is 0 Å². The molecule has 16 heavy (non-hydrogen) atoms. The maximum Gasteiger partial charge on any atom is 0.0790 e. The van der Waals surface area contributed by atoms with Crippen molar-refractivity contribution in [2.75, 3.05) is 0 Å². The van der Waals surface area contributed by atoms with Crippen LogP contribution in [0.25, 0.3) is 0 Å². The highest BCUT2D eigenvalue weighted by molar-refractivity contribution is 5.27. The molecule has 0 spiro atoms. The molecular formula is C15H24O. The molecule has 0 saturated carbocycles. The lowest BCUT2D eigenvalue weighted by Crippen LogP contribution is -1.99. The van der Waals surface area contributed by atoms with Gasteiger partial charge in [0.25, 0.3) is 0 Å². The van der Waals surface area contributed by atoms with Gasteiger partial charge in [-0.1, -0.05) is 64.3 Å². The van der Waals surface area contributed by atoms with Crippen LogP contribution in [-0.4, -0.2) is 5.11 Å². The van der Waals surface area contributed by atoms with E-state index in [1.807, 2.05) is 12.1 Å². The molecule has 1 unspecified atom stereocenters. The molecule has 0 saturated heterocycles. The fraction of sp³-hybridized carbons (Fsp3) is 0.600. The zero-order valence-electron chi connectivity index (χ0n) is 10.7. The Morgan fingerprint density at radius 1 is 1.12 bits per heavy atom. The summed E-state index contributed by atoms with van der Waals surface area (Å²) >= 11 is 0. The number of hydrogen-bond acceptors (Lipinski definition) is 1. The fourth-order valence-corrected chi connectivity index (χ4v) is 1.88. The van der Waals surface area contributed by atoms with Crippen molar-refractivity contribution in [1.29, 1.82) is 0 Å². The predicted octanol–water partition coefficient (Wildman–Crippen LogP) is 4.42. The monoisotopic (exact) mass is 220 g/mol. The zero-order valence-corrected chi connectivity index (χ0v) is 10.7. The molecule has 0 aliphatic carbocycles. The maximum absolute atomic E-state index is 10.1. The average molecular weight is 220 g/mol. The number of unbranched alkanes of at least 4 members (excludes halogenated alkanes) is 2. The molecule has 1 atom stereocenters. The Kier molecular flexibility index (Phi) is 5.54. The Bertz CT molecular complexity index is 304. The van der Waals surface area contributed by atoms with Gasteiger partial charge < -0.3 is 5.11 Å². The van der Waals surface area contributed by atoms with Crippen molar-refractivity contribution < 1.29 is 5.11 Å². The van der Waals surface area contributed by atoms with Crippen LogP contribution in [-0.2, 0) is 0 Å². The highest BCUT2D eigenvalue weighted by Crippen LogP contribution is 2.23. The molecule has 1 aromatic rings. The van der Waals surface area contributed by atoms with E-state index >= 15 is 0 Å².